The Morgan fingerprint density at radius 1 is 0.358 bits per heavy atom. The van der Waals surface area contributed by atoms with Crippen LogP contribution in [0.5, 0.6) is 34.5 Å². The number of benzene rings is 3. The molecule has 0 unspecified atom stereocenters. The topological polar surface area (TPSA) is 55.4 Å². The van der Waals surface area contributed by atoms with Crippen molar-refractivity contribution in [1.82, 2.24) is 0 Å². The number of unbranched alkanes of at least 4 members (excludes halogenated alkanes) is 1. The SMILES string of the molecule is CCCC1CCC(COc2ccc(OC)c(F)c2F)CC1.CCCC1CCC(COc2ccc(OCC)c(F)c2F)CC1.CCCCOc1ccc(OCC2CCC(CCC)CC2)c(F)c1F. The van der Waals surface area contributed by atoms with Crippen LogP contribution in [0.25, 0.3) is 0 Å². The van der Waals surface area contributed by atoms with Crippen LogP contribution < -0.4 is 28.4 Å². The van der Waals surface area contributed by atoms with Crippen molar-refractivity contribution < 1.29 is 54.8 Å². The molecule has 0 bridgehead atoms. The largest absolute Gasteiger partial charge is 0.494 e. The van der Waals surface area contributed by atoms with Crippen LogP contribution in [0.4, 0.5) is 26.3 Å². The summed E-state index contributed by atoms with van der Waals surface area (Å²) in [5, 5.41) is 0. The lowest BCUT2D eigenvalue weighted by Crippen LogP contribution is -2.20. The molecule has 3 aromatic rings. The quantitative estimate of drug-likeness (QED) is 0.0739. The molecule has 0 radical (unpaired) electrons. The van der Waals surface area contributed by atoms with Gasteiger partial charge in [0, 0.05) is 0 Å². The first-order valence-corrected chi connectivity index (χ1v) is 25.6. The summed E-state index contributed by atoms with van der Waals surface area (Å²) in [5.74, 6) is -2.16. The van der Waals surface area contributed by atoms with E-state index < -0.39 is 34.9 Å². The molecule has 0 aromatic heterocycles. The number of hydrogen-bond donors (Lipinski definition) is 0. The highest BCUT2D eigenvalue weighted by molar-refractivity contribution is 5.36. The Morgan fingerprint density at radius 2 is 0.627 bits per heavy atom. The molecule has 3 saturated carbocycles. The van der Waals surface area contributed by atoms with E-state index in [0.717, 1.165) is 69.1 Å². The molecule has 0 heterocycles. The highest BCUT2D eigenvalue weighted by atomic mass is 19.2. The molecule has 6 rings (SSSR count). The van der Waals surface area contributed by atoms with Gasteiger partial charge in [-0.25, -0.2) is 0 Å². The summed E-state index contributed by atoms with van der Waals surface area (Å²) in [5.41, 5.74) is 0. The Labute approximate surface area is 398 Å². The first-order valence-electron chi connectivity index (χ1n) is 25.6. The molecule has 3 aliphatic rings. The van der Waals surface area contributed by atoms with E-state index in [9.17, 15) is 26.3 Å². The van der Waals surface area contributed by atoms with Gasteiger partial charge in [0.25, 0.3) is 0 Å². The van der Waals surface area contributed by atoms with Gasteiger partial charge >= 0.3 is 0 Å². The molecule has 3 fully saturated rings. The minimum Gasteiger partial charge on any atom is -0.494 e. The molecule has 6 nitrogen and oxygen atoms in total. The Kier molecular flexibility index (Phi) is 25.3. The average molecular weight is 951 g/mol. The molecular weight excluding hydrogens is 871 g/mol. The maximum Gasteiger partial charge on any atom is 0.204 e. The summed E-state index contributed by atoms with van der Waals surface area (Å²) in [6.45, 7) is 12.5. The summed E-state index contributed by atoms with van der Waals surface area (Å²) in [4.78, 5) is 0. The predicted octanol–water partition coefficient (Wildman–Crippen LogP) is 16.4. The van der Waals surface area contributed by atoms with E-state index in [0.29, 0.717) is 50.8 Å². The van der Waals surface area contributed by atoms with E-state index in [1.54, 1.807) is 6.92 Å². The van der Waals surface area contributed by atoms with E-state index in [2.05, 4.69) is 20.8 Å². The van der Waals surface area contributed by atoms with E-state index in [1.165, 1.54) is 121 Å². The van der Waals surface area contributed by atoms with Gasteiger partial charge < -0.3 is 28.4 Å². The molecular formula is C55H80F6O6. The van der Waals surface area contributed by atoms with Gasteiger partial charge in [-0.2, -0.15) is 26.3 Å². The lowest BCUT2D eigenvalue weighted by molar-refractivity contribution is 0.172. The van der Waals surface area contributed by atoms with Crippen LogP contribution in [-0.2, 0) is 0 Å². The van der Waals surface area contributed by atoms with Crippen LogP contribution >= 0.6 is 0 Å². The molecule has 0 N–H and O–H groups in total. The fraction of sp³-hybridized carbons (Fsp3) is 0.673. The van der Waals surface area contributed by atoms with E-state index in [1.807, 2.05) is 6.92 Å². The third-order valence-corrected chi connectivity index (χ3v) is 13.7. The molecule has 3 aromatic carbocycles. The van der Waals surface area contributed by atoms with Gasteiger partial charge in [-0.05, 0) is 124 Å². The van der Waals surface area contributed by atoms with E-state index in [4.69, 9.17) is 28.4 Å². The van der Waals surface area contributed by atoms with Crippen molar-refractivity contribution in [2.75, 3.05) is 40.1 Å². The van der Waals surface area contributed by atoms with Crippen LogP contribution in [-0.4, -0.2) is 40.1 Å². The maximum absolute atomic E-state index is 14.1. The third-order valence-electron chi connectivity index (χ3n) is 13.7. The first-order chi connectivity index (χ1) is 32.5. The van der Waals surface area contributed by atoms with Gasteiger partial charge in [-0.1, -0.05) is 111 Å². The Morgan fingerprint density at radius 3 is 0.910 bits per heavy atom. The van der Waals surface area contributed by atoms with Gasteiger partial charge in [0.05, 0.1) is 40.1 Å². The summed E-state index contributed by atoms with van der Waals surface area (Å²) >= 11 is 0. The highest BCUT2D eigenvalue weighted by Crippen LogP contribution is 2.36. The van der Waals surface area contributed by atoms with Crippen molar-refractivity contribution in [3.05, 3.63) is 71.3 Å². The third kappa shape index (κ3) is 18.1. The van der Waals surface area contributed by atoms with Gasteiger partial charge in [-0.3, -0.25) is 0 Å². The van der Waals surface area contributed by atoms with Crippen LogP contribution in [0.3, 0.4) is 0 Å². The number of methoxy groups -OCH3 is 1. The average Bonchev–Trinajstić information content (AvgIpc) is 3.34. The van der Waals surface area contributed by atoms with Crippen LogP contribution in [0.1, 0.15) is 163 Å². The lowest BCUT2D eigenvalue weighted by Gasteiger charge is -2.28. The monoisotopic (exact) mass is 951 g/mol. The molecule has 0 atom stereocenters. The zero-order valence-corrected chi connectivity index (χ0v) is 41.3. The summed E-state index contributed by atoms with van der Waals surface area (Å²) in [6, 6.07) is 8.64. The van der Waals surface area contributed by atoms with Gasteiger partial charge in [0.2, 0.25) is 34.9 Å². The molecule has 0 saturated heterocycles. The fourth-order valence-corrected chi connectivity index (χ4v) is 9.65. The van der Waals surface area contributed by atoms with Crippen molar-refractivity contribution in [3.8, 4) is 34.5 Å². The molecule has 0 aliphatic heterocycles. The standard InChI is InChI=1S/C20H30F2O2.C18H26F2O2.C17H24F2O2/c1-3-5-13-23-17-11-12-18(20(22)19(17)21)24-14-16-9-7-15(6-4-2)8-10-16;1-3-5-13-6-8-14(9-7-13)12-22-16-11-10-15(21-4-2)17(19)18(16)20;1-3-4-12-5-7-13(8-6-12)11-21-15-10-9-14(20-2)16(18)17(15)19/h11-12,15-16H,3-10,13-14H2,1-2H3;10-11,13-14H,3-9,12H2,1-2H3;9-10,12-13H,3-8,11H2,1-2H3. The second-order valence-corrected chi connectivity index (χ2v) is 18.9. The predicted molar refractivity (Wildman–Crippen MR) is 255 cm³/mol. The van der Waals surface area contributed by atoms with Gasteiger partial charge in [0.15, 0.2) is 34.5 Å². The van der Waals surface area contributed by atoms with Crippen molar-refractivity contribution in [1.29, 1.82) is 0 Å². The molecule has 3 aliphatic carbocycles. The minimum atomic E-state index is -0.985. The normalized spacial score (nSPS) is 21.5. The summed E-state index contributed by atoms with van der Waals surface area (Å²) in [6.07, 6.45) is 23.4. The first kappa shape index (κ1) is 55.6. The summed E-state index contributed by atoms with van der Waals surface area (Å²) in [7, 11) is 1.31. The van der Waals surface area contributed by atoms with Crippen molar-refractivity contribution in [2.45, 2.75) is 163 Å². The molecule has 378 valence electrons. The highest BCUT2D eigenvalue weighted by Gasteiger charge is 2.25. The Hall–Kier alpha value is -3.96. The second-order valence-electron chi connectivity index (χ2n) is 18.9. The molecule has 12 heteroatoms. The van der Waals surface area contributed by atoms with E-state index in [-0.39, 0.29) is 34.5 Å². The number of rotatable bonds is 22. The zero-order chi connectivity index (χ0) is 48.6. The maximum atomic E-state index is 14.1. The molecule has 0 amide bonds. The number of ether oxygens (including phenoxy) is 6. The number of hydrogen-bond acceptors (Lipinski definition) is 6. The Bertz CT molecular complexity index is 1840. The van der Waals surface area contributed by atoms with Crippen molar-refractivity contribution in [3.63, 3.8) is 0 Å². The fourth-order valence-electron chi connectivity index (χ4n) is 9.65. The van der Waals surface area contributed by atoms with Crippen LogP contribution in [0, 0.1) is 70.4 Å². The van der Waals surface area contributed by atoms with Crippen LogP contribution in [0.15, 0.2) is 36.4 Å². The second kappa shape index (κ2) is 30.5. The molecule has 0 spiro atoms. The van der Waals surface area contributed by atoms with Crippen molar-refractivity contribution in [2.24, 2.45) is 35.5 Å². The van der Waals surface area contributed by atoms with Crippen LogP contribution in [0.2, 0.25) is 0 Å². The smallest absolute Gasteiger partial charge is 0.204 e. The molecule has 67 heavy (non-hydrogen) atoms. The van der Waals surface area contributed by atoms with E-state index >= 15 is 0 Å². The lowest BCUT2D eigenvalue weighted by atomic mass is 9.80. The number of halogens is 6. The van der Waals surface area contributed by atoms with Crippen molar-refractivity contribution >= 4 is 0 Å². The van der Waals surface area contributed by atoms with Gasteiger partial charge in [0.1, 0.15) is 0 Å². The Balaban J connectivity index is 0.000000220. The summed E-state index contributed by atoms with van der Waals surface area (Å²) < 4.78 is 115. The zero-order valence-electron chi connectivity index (χ0n) is 41.3. The minimum absolute atomic E-state index is 0.00831. The van der Waals surface area contributed by atoms with Gasteiger partial charge in [-0.15, -0.1) is 0 Å².